The third-order valence-electron chi connectivity index (χ3n) is 2.42. The van der Waals surface area contributed by atoms with Crippen molar-refractivity contribution in [1.82, 2.24) is 5.32 Å². The maximum atomic E-state index is 11.3. The normalized spacial score (nSPS) is 12.4. The van der Waals surface area contributed by atoms with Crippen LogP contribution in [0, 0.1) is 5.92 Å². The van der Waals surface area contributed by atoms with Gasteiger partial charge in [0.25, 0.3) is 0 Å². The minimum absolute atomic E-state index is 0.0732. The average Bonchev–Trinajstić information content (AvgIpc) is 2.32. The molecule has 17 heavy (non-hydrogen) atoms. The SMILES string of the molecule is CCCCOCCCNCC(C)C(=O)OCC. The van der Waals surface area contributed by atoms with Crippen LogP contribution in [0.4, 0.5) is 0 Å². The molecule has 0 aromatic carbocycles. The minimum Gasteiger partial charge on any atom is -0.466 e. The van der Waals surface area contributed by atoms with Crippen LogP contribution in [0.25, 0.3) is 0 Å². The molecule has 0 aliphatic heterocycles. The summed E-state index contributed by atoms with van der Waals surface area (Å²) in [4.78, 5) is 11.3. The molecule has 0 fully saturated rings. The molecule has 0 saturated carbocycles. The van der Waals surface area contributed by atoms with Crippen molar-refractivity contribution < 1.29 is 14.3 Å². The Balaban J connectivity index is 3.24. The van der Waals surface area contributed by atoms with Gasteiger partial charge in [0.15, 0.2) is 0 Å². The van der Waals surface area contributed by atoms with Gasteiger partial charge in [0.2, 0.25) is 0 Å². The van der Waals surface area contributed by atoms with Gasteiger partial charge in [-0.3, -0.25) is 4.79 Å². The largest absolute Gasteiger partial charge is 0.466 e. The lowest BCUT2D eigenvalue weighted by Gasteiger charge is -2.11. The first kappa shape index (κ1) is 16.4. The highest BCUT2D eigenvalue weighted by molar-refractivity contribution is 5.72. The Morgan fingerprint density at radius 1 is 1.24 bits per heavy atom. The van der Waals surface area contributed by atoms with Crippen molar-refractivity contribution in [2.75, 3.05) is 32.9 Å². The molecule has 1 N–H and O–H groups in total. The standard InChI is InChI=1S/C13H27NO3/c1-4-6-9-16-10-7-8-14-11-12(3)13(15)17-5-2/h12,14H,4-11H2,1-3H3. The fourth-order valence-electron chi connectivity index (χ4n) is 1.33. The van der Waals surface area contributed by atoms with Crippen LogP contribution in [0.2, 0.25) is 0 Å². The topological polar surface area (TPSA) is 47.6 Å². The summed E-state index contributed by atoms with van der Waals surface area (Å²) in [5, 5.41) is 3.23. The Bertz CT molecular complexity index is 186. The summed E-state index contributed by atoms with van der Waals surface area (Å²) in [6.45, 7) is 9.52. The van der Waals surface area contributed by atoms with Gasteiger partial charge in [-0.25, -0.2) is 0 Å². The van der Waals surface area contributed by atoms with E-state index in [0.29, 0.717) is 13.2 Å². The van der Waals surface area contributed by atoms with Crippen molar-refractivity contribution in [3.63, 3.8) is 0 Å². The molecule has 102 valence electrons. The van der Waals surface area contributed by atoms with Gasteiger partial charge >= 0.3 is 5.97 Å². The van der Waals surface area contributed by atoms with E-state index in [4.69, 9.17) is 9.47 Å². The highest BCUT2D eigenvalue weighted by atomic mass is 16.5. The third-order valence-corrected chi connectivity index (χ3v) is 2.42. The van der Waals surface area contributed by atoms with Gasteiger partial charge in [0.05, 0.1) is 12.5 Å². The molecular formula is C13H27NO3. The van der Waals surface area contributed by atoms with Gasteiger partial charge in [-0.1, -0.05) is 20.3 Å². The molecule has 0 rings (SSSR count). The van der Waals surface area contributed by atoms with E-state index in [1.165, 1.54) is 6.42 Å². The van der Waals surface area contributed by atoms with Gasteiger partial charge in [-0.05, 0) is 26.3 Å². The van der Waals surface area contributed by atoms with Crippen molar-refractivity contribution in [1.29, 1.82) is 0 Å². The maximum Gasteiger partial charge on any atom is 0.309 e. The number of carbonyl (C=O) groups excluding carboxylic acids is 1. The third kappa shape index (κ3) is 10.3. The van der Waals surface area contributed by atoms with Crippen molar-refractivity contribution in [3.8, 4) is 0 Å². The molecule has 4 heteroatoms. The molecule has 0 aromatic rings. The van der Waals surface area contributed by atoms with Gasteiger partial charge < -0.3 is 14.8 Å². The summed E-state index contributed by atoms with van der Waals surface area (Å²) < 4.78 is 10.4. The Labute approximate surface area is 105 Å². The fraction of sp³-hybridized carbons (Fsp3) is 0.923. The number of carbonyl (C=O) groups is 1. The summed E-state index contributed by atoms with van der Waals surface area (Å²) in [6.07, 6.45) is 3.29. The molecule has 0 aromatic heterocycles. The second-order valence-electron chi connectivity index (χ2n) is 4.18. The number of esters is 1. The quantitative estimate of drug-likeness (QED) is 0.447. The maximum absolute atomic E-state index is 11.3. The van der Waals surface area contributed by atoms with Gasteiger partial charge in [0.1, 0.15) is 0 Å². The van der Waals surface area contributed by atoms with E-state index >= 15 is 0 Å². The lowest BCUT2D eigenvalue weighted by atomic mass is 10.2. The lowest BCUT2D eigenvalue weighted by Crippen LogP contribution is -2.29. The van der Waals surface area contributed by atoms with Crippen LogP contribution in [0.1, 0.15) is 40.0 Å². The first-order chi connectivity index (χ1) is 8.22. The highest BCUT2D eigenvalue weighted by Gasteiger charge is 2.12. The van der Waals surface area contributed by atoms with Gasteiger partial charge in [-0.2, -0.15) is 0 Å². The van der Waals surface area contributed by atoms with Crippen LogP contribution in [-0.2, 0) is 14.3 Å². The number of ether oxygens (including phenoxy) is 2. The van der Waals surface area contributed by atoms with Crippen molar-refractivity contribution in [3.05, 3.63) is 0 Å². The predicted molar refractivity (Wildman–Crippen MR) is 69.0 cm³/mol. The monoisotopic (exact) mass is 245 g/mol. The van der Waals surface area contributed by atoms with Gasteiger partial charge in [0, 0.05) is 19.8 Å². The second-order valence-corrected chi connectivity index (χ2v) is 4.18. The predicted octanol–water partition coefficient (Wildman–Crippen LogP) is 1.98. The van der Waals surface area contributed by atoms with Crippen LogP contribution < -0.4 is 5.32 Å². The van der Waals surface area contributed by atoms with E-state index in [1.807, 2.05) is 13.8 Å². The van der Waals surface area contributed by atoms with E-state index in [9.17, 15) is 4.79 Å². The number of unbranched alkanes of at least 4 members (excludes halogenated alkanes) is 1. The van der Waals surface area contributed by atoms with Crippen molar-refractivity contribution in [2.24, 2.45) is 5.92 Å². The summed E-state index contributed by atoms with van der Waals surface area (Å²) in [6, 6.07) is 0. The van der Waals surface area contributed by atoms with Crippen LogP contribution in [-0.4, -0.2) is 38.9 Å². The zero-order valence-corrected chi connectivity index (χ0v) is 11.5. The number of rotatable bonds is 11. The number of nitrogens with one attached hydrogen (secondary N) is 1. The molecule has 0 aliphatic carbocycles. The minimum atomic E-state index is -0.126. The van der Waals surface area contributed by atoms with E-state index in [2.05, 4.69) is 12.2 Å². The fourth-order valence-corrected chi connectivity index (χ4v) is 1.33. The molecule has 1 unspecified atom stereocenters. The summed E-state index contributed by atoms with van der Waals surface area (Å²) >= 11 is 0. The Kier molecular flexibility index (Phi) is 11.4. The first-order valence-electron chi connectivity index (χ1n) is 6.67. The number of hydrogen-bond donors (Lipinski definition) is 1. The van der Waals surface area contributed by atoms with Crippen LogP contribution in [0.3, 0.4) is 0 Å². The second kappa shape index (κ2) is 11.9. The molecular weight excluding hydrogens is 218 g/mol. The molecule has 0 saturated heterocycles. The molecule has 0 amide bonds. The zero-order valence-electron chi connectivity index (χ0n) is 11.5. The Hall–Kier alpha value is -0.610. The van der Waals surface area contributed by atoms with E-state index in [-0.39, 0.29) is 11.9 Å². The number of hydrogen-bond acceptors (Lipinski definition) is 4. The molecule has 0 heterocycles. The average molecular weight is 245 g/mol. The lowest BCUT2D eigenvalue weighted by molar-refractivity contribution is -0.147. The summed E-state index contributed by atoms with van der Waals surface area (Å²) in [5.74, 6) is -0.199. The van der Waals surface area contributed by atoms with E-state index in [0.717, 1.165) is 32.6 Å². The molecule has 1 atom stereocenters. The van der Waals surface area contributed by atoms with E-state index in [1.54, 1.807) is 0 Å². The van der Waals surface area contributed by atoms with Crippen LogP contribution in [0.5, 0.6) is 0 Å². The van der Waals surface area contributed by atoms with Crippen molar-refractivity contribution >= 4 is 5.97 Å². The summed E-state index contributed by atoms with van der Waals surface area (Å²) in [7, 11) is 0. The smallest absolute Gasteiger partial charge is 0.309 e. The Morgan fingerprint density at radius 3 is 2.59 bits per heavy atom. The van der Waals surface area contributed by atoms with E-state index < -0.39 is 0 Å². The molecule has 0 bridgehead atoms. The van der Waals surface area contributed by atoms with Crippen LogP contribution >= 0.6 is 0 Å². The zero-order chi connectivity index (χ0) is 12.9. The Morgan fingerprint density at radius 2 is 1.94 bits per heavy atom. The highest BCUT2D eigenvalue weighted by Crippen LogP contribution is 1.96. The molecule has 0 radical (unpaired) electrons. The molecule has 4 nitrogen and oxygen atoms in total. The van der Waals surface area contributed by atoms with Crippen LogP contribution in [0.15, 0.2) is 0 Å². The van der Waals surface area contributed by atoms with Gasteiger partial charge in [-0.15, -0.1) is 0 Å². The van der Waals surface area contributed by atoms with Crippen molar-refractivity contribution in [2.45, 2.75) is 40.0 Å². The molecule has 0 spiro atoms. The molecule has 0 aliphatic rings. The summed E-state index contributed by atoms with van der Waals surface area (Å²) in [5.41, 5.74) is 0. The first-order valence-corrected chi connectivity index (χ1v) is 6.67.